The van der Waals surface area contributed by atoms with E-state index in [0.717, 1.165) is 38.0 Å². The normalized spacial score (nSPS) is 18.3. The second-order valence-corrected chi connectivity index (χ2v) is 7.46. The molecule has 1 aliphatic heterocycles. The number of nitrogens with zero attached hydrogens (tertiary/aromatic N) is 4. The number of hydrazine groups is 1. The number of aromatic nitrogens is 2. The largest absolute Gasteiger partial charge is 0.385 e. The zero-order valence-electron chi connectivity index (χ0n) is 16.0. The summed E-state index contributed by atoms with van der Waals surface area (Å²) in [4.78, 5) is 11.0. The number of nitrogens with two attached hydrogens (primary N) is 2. The lowest BCUT2D eigenvalue weighted by atomic mass is 10.2. The second-order valence-electron chi connectivity index (χ2n) is 7.46. The molecule has 2 aromatic rings. The maximum atomic E-state index is 13.8. The first-order valence-electron chi connectivity index (χ1n) is 9.64. The van der Waals surface area contributed by atoms with Crippen molar-refractivity contribution in [3.63, 3.8) is 0 Å². The van der Waals surface area contributed by atoms with Crippen LogP contribution in [0.3, 0.4) is 0 Å². The van der Waals surface area contributed by atoms with Crippen molar-refractivity contribution in [3.8, 4) is 0 Å². The van der Waals surface area contributed by atoms with Gasteiger partial charge in [-0.2, -0.15) is 4.98 Å². The fraction of sp³-hybridized carbons (Fsp3) is 0.400. The molecule has 1 aromatic carbocycles. The molecule has 2 aliphatic rings. The van der Waals surface area contributed by atoms with E-state index in [1.807, 2.05) is 6.07 Å². The van der Waals surface area contributed by atoms with Gasteiger partial charge in [-0.3, -0.25) is 5.01 Å². The SMILES string of the molecule is Cc1ccc(Nc2ccnc(N(N)CC3CCCN3C(N)=C3CC3)n2)cc1F. The van der Waals surface area contributed by atoms with E-state index in [1.165, 1.54) is 11.6 Å². The molecule has 1 aromatic heterocycles. The van der Waals surface area contributed by atoms with Gasteiger partial charge in [0.05, 0.1) is 12.4 Å². The maximum absolute atomic E-state index is 13.8. The number of aryl methyl sites for hydroxylation is 1. The van der Waals surface area contributed by atoms with Crippen molar-refractivity contribution in [2.75, 3.05) is 23.4 Å². The lowest BCUT2D eigenvalue weighted by molar-refractivity contribution is 0.315. The Hall–Kier alpha value is -2.87. The molecule has 28 heavy (non-hydrogen) atoms. The molecular weight excluding hydrogens is 357 g/mol. The first-order valence-corrected chi connectivity index (χ1v) is 9.64. The third-order valence-electron chi connectivity index (χ3n) is 5.30. The Morgan fingerprint density at radius 3 is 2.93 bits per heavy atom. The van der Waals surface area contributed by atoms with Crippen LogP contribution in [0.2, 0.25) is 0 Å². The third-order valence-corrected chi connectivity index (χ3v) is 5.30. The molecule has 0 amide bonds. The van der Waals surface area contributed by atoms with E-state index in [9.17, 15) is 4.39 Å². The van der Waals surface area contributed by atoms with Crippen LogP contribution in [-0.2, 0) is 0 Å². The van der Waals surface area contributed by atoms with Gasteiger partial charge < -0.3 is 16.0 Å². The zero-order chi connectivity index (χ0) is 19.7. The lowest BCUT2D eigenvalue weighted by Gasteiger charge is -2.30. The smallest absolute Gasteiger partial charge is 0.241 e. The van der Waals surface area contributed by atoms with Gasteiger partial charge in [0.15, 0.2) is 0 Å². The fourth-order valence-electron chi connectivity index (χ4n) is 3.55. The highest BCUT2D eigenvalue weighted by Crippen LogP contribution is 2.33. The average Bonchev–Trinajstić information content (AvgIpc) is 3.44. The van der Waals surface area contributed by atoms with Crippen LogP contribution < -0.4 is 21.9 Å². The molecule has 4 rings (SSSR count). The van der Waals surface area contributed by atoms with Gasteiger partial charge in [0.1, 0.15) is 11.6 Å². The molecule has 2 fully saturated rings. The Morgan fingerprint density at radius 2 is 2.18 bits per heavy atom. The van der Waals surface area contributed by atoms with E-state index in [1.54, 1.807) is 30.3 Å². The Labute approximate surface area is 164 Å². The van der Waals surface area contributed by atoms with E-state index < -0.39 is 0 Å². The summed E-state index contributed by atoms with van der Waals surface area (Å²) >= 11 is 0. The van der Waals surface area contributed by atoms with Crippen LogP contribution in [0.5, 0.6) is 0 Å². The van der Waals surface area contributed by atoms with Crippen molar-refractivity contribution in [2.45, 2.75) is 38.6 Å². The van der Waals surface area contributed by atoms with E-state index >= 15 is 0 Å². The van der Waals surface area contributed by atoms with Crippen LogP contribution in [0.4, 0.5) is 21.8 Å². The predicted molar refractivity (Wildman–Crippen MR) is 108 cm³/mol. The van der Waals surface area contributed by atoms with Crippen molar-refractivity contribution in [1.82, 2.24) is 14.9 Å². The predicted octanol–water partition coefficient (Wildman–Crippen LogP) is 2.78. The van der Waals surface area contributed by atoms with Crippen LogP contribution in [0.15, 0.2) is 41.9 Å². The van der Waals surface area contributed by atoms with Crippen LogP contribution >= 0.6 is 0 Å². The number of hydrogen-bond acceptors (Lipinski definition) is 7. The number of benzene rings is 1. The van der Waals surface area contributed by atoms with Crippen LogP contribution in [0.25, 0.3) is 0 Å². The van der Waals surface area contributed by atoms with Gasteiger partial charge >= 0.3 is 0 Å². The number of halogens is 1. The highest BCUT2D eigenvalue weighted by atomic mass is 19.1. The third kappa shape index (κ3) is 4.01. The number of hydrogen-bond donors (Lipinski definition) is 3. The molecule has 7 nitrogen and oxygen atoms in total. The average molecular weight is 383 g/mol. The summed E-state index contributed by atoms with van der Waals surface area (Å²) in [6, 6.07) is 6.96. The highest BCUT2D eigenvalue weighted by molar-refractivity contribution is 5.57. The number of rotatable bonds is 6. The van der Waals surface area contributed by atoms with Crippen molar-refractivity contribution in [3.05, 3.63) is 53.2 Å². The Morgan fingerprint density at radius 1 is 1.36 bits per heavy atom. The molecule has 5 N–H and O–H groups in total. The molecule has 1 atom stereocenters. The van der Waals surface area contributed by atoms with Crippen molar-refractivity contribution < 1.29 is 4.39 Å². The molecule has 148 valence electrons. The Kier molecular flexibility index (Phi) is 5.04. The van der Waals surface area contributed by atoms with Gasteiger partial charge in [-0.1, -0.05) is 6.07 Å². The van der Waals surface area contributed by atoms with Crippen molar-refractivity contribution >= 4 is 17.5 Å². The van der Waals surface area contributed by atoms with E-state index in [4.69, 9.17) is 11.6 Å². The molecule has 0 radical (unpaired) electrons. The van der Waals surface area contributed by atoms with E-state index in [0.29, 0.717) is 29.6 Å². The number of anilines is 3. The number of nitrogens with one attached hydrogen (secondary N) is 1. The number of likely N-dealkylation sites (tertiary alicyclic amines) is 1. The fourth-order valence-corrected chi connectivity index (χ4v) is 3.55. The molecule has 1 unspecified atom stereocenters. The molecule has 1 aliphatic carbocycles. The van der Waals surface area contributed by atoms with Crippen LogP contribution in [0, 0.1) is 12.7 Å². The van der Waals surface area contributed by atoms with Crippen molar-refractivity contribution in [1.29, 1.82) is 0 Å². The quantitative estimate of drug-likeness (QED) is 0.521. The Balaban J connectivity index is 1.44. The van der Waals surface area contributed by atoms with Crippen LogP contribution in [0.1, 0.15) is 31.2 Å². The minimum absolute atomic E-state index is 0.254. The highest BCUT2D eigenvalue weighted by Gasteiger charge is 2.30. The Bertz CT molecular complexity index is 892. The summed E-state index contributed by atoms with van der Waals surface area (Å²) in [6.07, 6.45) is 6.01. The first-order chi connectivity index (χ1) is 13.5. The van der Waals surface area contributed by atoms with E-state index in [2.05, 4.69) is 20.2 Å². The molecule has 0 spiro atoms. The first kappa shape index (κ1) is 18.5. The van der Waals surface area contributed by atoms with Crippen LogP contribution in [-0.4, -0.2) is 34.0 Å². The summed E-state index contributed by atoms with van der Waals surface area (Å²) in [5, 5.41) is 4.66. The van der Waals surface area contributed by atoms with Gasteiger partial charge in [0, 0.05) is 24.5 Å². The van der Waals surface area contributed by atoms with Crippen molar-refractivity contribution in [2.24, 2.45) is 11.6 Å². The molecule has 0 bridgehead atoms. The molecule has 1 saturated carbocycles. The van der Waals surface area contributed by atoms with Gasteiger partial charge in [-0.15, -0.1) is 0 Å². The van der Waals surface area contributed by atoms with Gasteiger partial charge in [-0.05, 0) is 61.9 Å². The summed E-state index contributed by atoms with van der Waals surface area (Å²) < 4.78 is 13.8. The number of allylic oxidation sites excluding steroid dienone is 1. The standard InChI is InChI=1S/C20H26FN7/c1-13-4-7-15(11-17(13)21)25-18-8-9-24-20(26-18)28(23)12-16-3-2-10-27(16)19(22)14-5-6-14/h4,7-9,11,16H,2-3,5-6,10,12,22-23H2,1H3,(H,24,25,26). The van der Waals surface area contributed by atoms with Gasteiger partial charge in [-0.25, -0.2) is 15.2 Å². The monoisotopic (exact) mass is 383 g/mol. The minimum atomic E-state index is -0.261. The topological polar surface area (TPSA) is 96.3 Å². The maximum Gasteiger partial charge on any atom is 0.241 e. The minimum Gasteiger partial charge on any atom is -0.385 e. The molecule has 8 heteroatoms. The summed E-state index contributed by atoms with van der Waals surface area (Å²) in [7, 11) is 0. The van der Waals surface area contributed by atoms with E-state index in [-0.39, 0.29) is 11.9 Å². The summed E-state index contributed by atoms with van der Waals surface area (Å²) in [6.45, 7) is 3.29. The lowest BCUT2D eigenvalue weighted by Crippen LogP contribution is -2.45. The molecule has 1 saturated heterocycles. The summed E-state index contributed by atoms with van der Waals surface area (Å²) in [5.41, 5.74) is 8.87. The zero-order valence-corrected chi connectivity index (χ0v) is 16.0. The molecule has 2 heterocycles. The van der Waals surface area contributed by atoms with Gasteiger partial charge in [0.25, 0.3) is 0 Å². The molecular formula is C20H26FN7. The summed E-state index contributed by atoms with van der Waals surface area (Å²) in [5.74, 6) is 7.92. The second kappa shape index (κ2) is 7.63. The van der Waals surface area contributed by atoms with Gasteiger partial charge in [0.2, 0.25) is 5.95 Å².